The van der Waals surface area contributed by atoms with E-state index < -0.39 is 24.9 Å². The predicted octanol–water partition coefficient (Wildman–Crippen LogP) is 2.86. The molecule has 0 spiro atoms. The number of anilines is 1. The standard InChI is InChI=1S/C23H25F3N6O3/c1-13-5-19-17(10-31(13)23(34)28-16-3-4-18(24)15(6-16)7-27)21-22(33)30(2)8-14(9-32(21)29-19)11-35-12-20(25)26/h3-4,6,13-14,20H,5,8-12H2,1-2H3,(H,28,34)/t13-,14-/m1/s1. The summed E-state index contributed by atoms with van der Waals surface area (Å²) in [7, 11) is 1.63. The molecule has 35 heavy (non-hydrogen) atoms. The quantitative estimate of drug-likeness (QED) is 0.694. The van der Waals surface area contributed by atoms with Crippen molar-refractivity contribution < 1.29 is 27.5 Å². The molecule has 12 heteroatoms. The Kier molecular flexibility index (Phi) is 6.98. The van der Waals surface area contributed by atoms with Gasteiger partial charge in [-0.1, -0.05) is 0 Å². The molecule has 0 fully saturated rings. The van der Waals surface area contributed by atoms with Crippen LogP contribution in [-0.4, -0.2) is 70.8 Å². The topological polar surface area (TPSA) is 103 Å². The molecule has 4 rings (SSSR count). The Morgan fingerprint density at radius 3 is 2.86 bits per heavy atom. The molecule has 9 nitrogen and oxygen atoms in total. The average molecular weight is 490 g/mol. The Labute approximate surface area is 200 Å². The van der Waals surface area contributed by atoms with Gasteiger partial charge in [0.1, 0.15) is 24.2 Å². The Bertz CT molecular complexity index is 1180. The Morgan fingerprint density at radius 1 is 1.37 bits per heavy atom. The number of nitrogens with zero attached hydrogens (tertiary/aromatic N) is 5. The summed E-state index contributed by atoms with van der Waals surface area (Å²) in [4.78, 5) is 29.3. The molecule has 3 amide bonds. The van der Waals surface area contributed by atoms with Crippen LogP contribution >= 0.6 is 0 Å². The number of amides is 3. The number of aromatic nitrogens is 2. The van der Waals surface area contributed by atoms with Gasteiger partial charge in [-0.25, -0.2) is 18.0 Å². The number of rotatable bonds is 5. The maximum Gasteiger partial charge on any atom is 0.322 e. The van der Waals surface area contributed by atoms with E-state index in [0.29, 0.717) is 36.5 Å². The van der Waals surface area contributed by atoms with Crippen LogP contribution in [0.25, 0.3) is 0 Å². The van der Waals surface area contributed by atoms with Gasteiger partial charge in [-0.2, -0.15) is 10.4 Å². The van der Waals surface area contributed by atoms with E-state index in [0.717, 1.165) is 6.07 Å². The van der Waals surface area contributed by atoms with Crippen molar-refractivity contribution in [2.75, 3.05) is 32.1 Å². The van der Waals surface area contributed by atoms with Gasteiger partial charge in [0.15, 0.2) is 0 Å². The zero-order valence-corrected chi connectivity index (χ0v) is 19.3. The molecule has 2 aliphatic heterocycles. The fourth-order valence-electron chi connectivity index (χ4n) is 4.50. The normalized spacial score (nSPS) is 19.7. The number of ether oxygens (including phenoxy) is 1. The minimum atomic E-state index is -2.56. The summed E-state index contributed by atoms with van der Waals surface area (Å²) in [5, 5.41) is 16.3. The number of carbonyl (C=O) groups is 2. The predicted molar refractivity (Wildman–Crippen MR) is 118 cm³/mol. The second-order valence-electron chi connectivity index (χ2n) is 8.85. The molecule has 0 aliphatic carbocycles. The Morgan fingerprint density at radius 2 is 2.14 bits per heavy atom. The molecule has 1 aromatic carbocycles. The third-order valence-corrected chi connectivity index (χ3v) is 6.19. The number of halogens is 3. The van der Waals surface area contributed by atoms with Gasteiger partial charge in [0.2, 0.25) is 0 Å². The number of alkyl halides is 2. The van der Waals surface area contributed by atoms with E-state index in [2.05, 4.69) is 10.4 Å². The van der Waals surface area contributed by atoms with E-state index in [4.69, 9.17) is 10.00 Å². The van der Waals surface area contributed by atoms with Crippen LogP contribution in [0.3, 0.4) is 0 Å². The van der Waals surface area contributed by atoms with Crippen LogP contribution in [0.4, 0.5) is 23.7 Å². The van der Waals surface area contributed by atoms with Gasteiger partial charge in [0, 0.05) is 49.8 Å². The minimum absolute atomic E-state index is 0.0687. The van der Waals surface area contributed by atoms with Gasteiger partial charge in [-0.15, -0.1) is 0 Å². The van der Waals surface area contributed by atoms with Crippen LogP contribution in [0.15, 0.2) is 18.2 Å². The second-order valence-corrected chi connectivity index (χ2v) is 8.85. The average Bonchev–Trinajstić information content (AvgIpc) is 3.09. The van der Waals surface area contributed by atoms with Crippen molar-refractivity contribution in [3.8, 4) is 6.07 Å². The lowest BCUT2D eigenvalue weighted by molar-refractivity contribution is -0.00113. The van der Waals surface area contributed by atoms with Crippen LogP contribution in [0, 0.1) is 23.1 Å². The van der Waals surface area contributed by atoms with Crippen molar-refractivity contribution in [2.45, 2.75) is 38.9 Å². The van der Waals surface area contributed by atoms with Gasteiger partial charge in [-0.05, 0) is 25.1 Å². The summed E-state index contributed by atoms with van der Waals surface area (Å²) >= 11 is 0. The summed E-state index contributed by atoms with van der Waals surface area (Å²) in [6, 6.07) is 4.78. The maximum atomic E-state index is 13.6. The molecule has 1 N–H and O–H groups in total. The fraction of sp³-hybridized carbons (Fsp3) is 0.478. The summed E-state index contributed by atoms with van der Waals surface area (Å²) < 4.78 is 45.2. The third-order valence-electron chi connectivity index (χ3n) is 6.19. The highest BCUT2D eigenvalue weighted by molar-refractivity contribution is 5.95. The van der Waals surface area contributed by atoms with Crippen molar-refractivity contribution in [1.82, 2.24) is 19.6 Å². The molecule has 0 saturated carbocycles. The molecule has 1 aromatic heterocycles. The van der Waals surface area contributed by atoms with E-state index in [-0.39, 0.29) is 42.3 Å². The maximum absolute atomic E-state index is 13.6. The third kappa shape index (κ3) is 5.09. The van der Waals surface area contributed by atoms with Crippen LogP contribution in [0.5, 0.6) is 0 Å². The number of nitrogens with one attached hydrogen (secondary N) is 1. The highest BCUT2D eigenvalue weighted by Gasteiger charge is 2.37. The van der Waals surface area contributed by atoms with Crippen molar-refractivity contribution >= 4 is 17.6 Å². The van der Waals surface area contributed by atoms with Gasteiger partial charge < -0.3 is 19.9 Å². The number of benzene rings is 1. The van der Waals surface area contributed by atoms with E-state index in [1.165, 1.54) is 17.0 Å². The van der Waals surface area contributed by atoms with Gasteiger partial charge >= 0.3 is 6.03 Å². The van der Waals surface area contributed by atoms with Crippen molar-refractivity contribution in [2.24, 2.45) is 5.92 Å². The van der Waals surface area contributed by atoms with E-state index >= 15 is 0 Å². The van der Waals surface area contributed by atoms with Crippen LogP contribution in [0.1, 0.15) is 34.2 Å². The first kappa shape index (κ1) is 24.5. The van der Waals surface area contributed by atoms with Gasteiger partial charge in [-0.3, -0.25) is 9.48 Å². The lowest BCUT2D eigenvalue weighted by Crippen LogP contribution is -2.45. The summed E-state index contributed by atoms with van der Waals surface area (Å²) in [6.07, 6.45) is -2.15. The van der Waals surface area contributed by atoms with Crippen molar-refractivity contribution in [1.29, 1.82) is 5.26 Å². The zero-order valence-electron chi connectivity index (χ0n) is 19.3. The Balaban J connectivity index is 1.55. The van der Waals surface area contributed by atoms with Gasteiger partial charge in [0.05, 0.1) is 24.4 Å². The van der Waals surface area contributed by atoms with Gasteiger partial charge in [0.25, 0.3) is 12.3 Å². The highest BCUT2D eigenvalue weighted by Crippen LogP contribution is 2.29. The summed E-state index contributed by atoms with van der Waals surface area (Å²) in [5.74, 6) is -1.15. The number of hydrogen-bond acceptors (Lipinski definition) is 5. The molecule has 0 saturated heterocycles. The highest BCUT2D eigenvalue weighted by atomic mass is 19.3. The van der Waals surface area contributed by atoms with Crippen molar-refractivity contribution in [3.05, 3.63) is 46.5 Å². The smallest absolute Gasteiger partial charge is 0.322 e. The van der Waals surface area contributed by atoms with Crippen LogP contribution < -0.4 is 5.32 Å². The second kappa shape index (κ2) is 9.95. The van der Waals surface area contributed by atoms with Crippen LogP contribution in [-0.2, 0) is 24.2 Å². The van der Waals surface area contributed by atoms with E-state index in [9.17, 15) is 22.8 Å². The molecule has 186 valence electrons. The summed E-state index contributed by atoms with van der Waals surface area (Å²) in [6.45, 7) is 2.05. The zero-order chi connectivity index (χ0) is 25.3. The number of hydrogen-bond donors (Lipinski definition) is 1. The minimum Gasteiger partial charge on any atom is -0.375 e. The lowest BCUT2D eigenvalue weighted by Gasteiger charge is -2.33. The van der Waals surface area contributed by atoms with Crippen LogP contribution in [0.2, 0.25) is 0 Å². The molecule has 0 bridgehead atoms. The molecular formula is C23H25F3N6O3. The molecule has 3 heterocycles. The molecule has 0 radical (unpaired) electrons. The largest absolute Gasteiger partial charge is 0.375 e. The SMILES string of the molecule is C[C@@H]1Cc2nn3c(c2CN1C(=O)Nc1ccc(F)c(C#N)c1)C(=O)N(C)C[C@@H](COCC(F)F)C3. The number of urea groups is 1. The lowest BCUT2D eigenvalue weighted by atomic mass is 9.99. The molecule has 0 unspecified atom stereocenters. The molecular weight excluding hydrogens is 465 g/mol. The molecule has 2 aliphatic rings. The molecule has 2 aromatic rings. The number of nitriles is 1. The number of fused-ring (bicyclic) bond motifs is 3. The van der Waals surface area contributed by atoms with Crippen molar-refractivity contribution in [3.63, 3.8) is 0 Å². The first-order valence-corrected chi connectivity index (χ1v) is 11.1. The first-order chi connectivity index (χ1) is 16.7. The fourth-order valence-corrected chi connectivity index (χ4v) is 4.50. The summed E-state index contributed by atoms with van der Waals surface area (Å²) in [5.41, 5.74) is 1.82. The Hall–Kier alpha value is -3.59. The molecule has 2 atom stereocenters. The van der Waals surface area contributed by atoms with E-state index in [1.54, 1.807) is 22.7 Å². The number of carbonyl (C=O) groups excluding carboxylic acids is 2. The monoisotopic (exact) mass is 490 g/mol. The van der Waals surface area contributed by atoms with E-state index in [1.807, 2.05) is 6.92 Å². The first-order valence-electron chi connectivity index (χ1n) is 11.1.